The van der Waals surface area contributed by atoms with Gasteiger partial charge in [0.05, 0.1) is 17.1 Å². The number of aromatic amines is 1. The summed E-state index contributed by atoms with van der Waals surface area (Å²) in [6.07, 6.45) is 0.911. The Balaban J connectivity index is 1.48. The molecule has 0 radical (unpaired) electrons. The quantitative estimate of drug-likeness (QED) is 0.641. The fourth-order valence-corrected chi connectivity index (χ4v) is 3.80. The summed E-state index contributed by atoms with van der Waals surface area (Å²) in [7, 11) is 1.89. The highest BCUT2D eigenvalue weighted by Crippen LogP contribution is 2.24. The number of nitrogens with zero attached hydrogens (tertiary/aromatic N) is 3. The molecule has 7 nitrogen and oxygen atoms in total. The smallest absolute Gasteiger partial charge is 0.248 e. The first-order valence-electron chi connectivity index (χ1n) is 8.45. The Morgan fingerprint density at radius 3 is 2.85 bits per heavy atom. The predicted octanol–water partition coefficient (Wildman–Crippen LogP) is 2.23. The average molecular weight is 368 g/mol. The van der Waals surface area contributed by atoms with Gasteiger partial charge in [0.1, 0.15) is 5.82 Å². The highest BCUT2D eigenvalue weighted by Gasteiger charge is 2.21. The summed E-state index contributed by atoms with van der Waals surface area (Å²) in [4.78, 5) is 26.3. The van der Waals surface area contributed by atoms with Crippen LogP contribution in [0.2, 0.25) is 0 Å². The zero-order valence-corrected chi connectivity index (χ0v) is 15.3. The summed E-state index contributed by atoms with van der Waals surface area (Å²) in [5, 5.41) is 6.12. The minimum Gasteiger partial charge on any atom is -0.366 e. The number of nitrogens with two attached hydrogens (primary N) is 1. The highest BCUT2D eigenvalue weighted by molar-refractivity contribution is 7.13. The fourth-order valence-electron chi connectivity index (χ4n) is 3.14. The first kappa shape index (κ1) is 16.7. The van der Waals surface area contributed by atoms with Crippen molar-refractivity contribution < 1.29 is 4.79 Å². The van der Waals surface area contributed by atoms with E-state index < -0.39 is 5.91 Å². The second-order valence-corrected chi connectivity index (χ2v) is 7.17. The normalized spacial score (nSPS) is 14.2. The first-order valence-corrected chi connectivity index (χ1v) is 9.33. The summed E-state index contributed by atoms with van der Waals surface area (Å²) in [5.41, 5.74) is 10.1. The number of carbonyl (C=O) groups excluding carboxylic acids is 1. The lowest BCUT2D eigenvalue weighted by molar-refractivity contribution is 0.100. The van der Waals surface area contributed by atoms with Crippen molar-refractivity contribution in [2.45, 2.75) is 19.5 Å². The third-order valence-electron chi connectivity index (χ3n) is 4.51. The van der Waals surface area contributed by atoms with Crippen molar-refractivity contribution in [2.24, 2.45) is 5.73 Å². The van der Waals surface area contributed by atoms with Gasteiger partial charge in [0.2, 0.25) is 5.91 Å². The molecule has 2 aromatic heterocycles. The van der Waals surface area contributed by atoms with Crippen molar-refractivity contribution in [3.63, 3.8) is 0 Å². The Kier molecular flexibility index (Phi) is 4.44. The molecular weight excluding hydrogens is 348 g/mol. The molecule has 3 aromatic rings. The maximum atomic E-state index is 11.2. The van der Waals surface area contributed by atoms with E-state index in [4.69, 9.17) is 10.7 Å². The van der Waals surface area contributed by atoms with Crippen molar-refractivity contribution in [3.8, 4) is 11.4 Å². The number of H-pyrrole nitrogens is 1. The largest absolute Gasteiger partial charge is 0.366 e. The summed E-state index contributed by atoms with van der Waals surface area (Å²) in [6, 6.07) is 7.20. The van der Waals surface area contributed by atoms with Crippen molar-refractivity contribution >= 4 is 22.4 Å². The number of nitrogens with one attached hydrogen (secondary N) is 2. The molecule has 1 aliphatic heterocycles. The zero-order chi connectivity index (χ0) is 18.1. The van der Waals surface area contributed by atoms with Gasteiger partial charge in [-0.3, -0.25) is 9.69 Å². The Labute approximate surface area is 155 Å². The SMILES string of the molecule is CNc1nc(CN2CCc3nc(-c4ccc(C(N)=O)cc4)[nH]c3C2)cs1. The van der Waals surface area contributed by atoms with Crippen LogP contribution in [-0.4, -0.2) is 39.4 Å². The van der Waals surface area contributed by atoms with E-state index in [0.29, 0.717) is 5.56 Å². The molecule has 0 unspecified atom stereocenters. The number of thiazole rings is 1. The predicted molar refractivity (Wildman–Crippen MR) is 102 cm³/mol. The molecular formula is C18H20N6OS. The van der Waals surface area contributed by atoms with Gasteiger partial charge in [0, 0.05) is 49.6 Å². The monoisotopic (exact) mass is 368 g/mol. The Hall–Kier alpha value is -2.71. The molecule has 1 aromatic carbocycles. The van der Waals surface area contributed by atoms with Crippen LogP contribution in [0.15, 0.2) is 29.6 Å². The molecule has 8 heteroatoms. The second kappa shape index (κ2) is 6.89. The third kappa shape index (κ3) is 3.33. The summed E-state index contributed by atoms with van der Waals surface area (Å²) in [6.45, 7) is 2.62. The van der Waals surface area contributed by atoms with E-state index in [0.717, 1.165) is 59.7 Å². The van der Waals surface area contributed by atoms with Crippen molar-refractivity contribution in [1.29, 1.82) is 0 Å². The van der Waals surface area contributed by atoms with Crippen LogP contribution >= 0.6 is 11.3 Å². The van der Waals surface area contributed by atoms with E-state index in [1.54, 1.807) is 23.5 Å². The Bertz CT molecular complexity index is 930. The molecule has 0 fully saturated rings. The molecule has 3 heterocycles. The van der Waals surface area contributed by atoms with E-state index in [1.165, 1.54) is 0 Å². The first-order chi connectivity index (χ1) is 12.6. The molecule has 0 spiro atoms. The molecule has 26 heavy (non-hydrogen) atoms. The number of hydrogen-bond donors (Lipinski definition) is 3. The lowest BCUT2D eigenvalue weighted by atomic mass is 10.1. The molecule has 4 N–H and O–H groups in total. The maximum absolute atomic E-state index is 11.2. The van der Waals surface area contributed by atoms with E-state index in [-0.39, 0.29) is 0 Å². The number of primary amides is 1. The van der Waals surface area contributed by atoms with Gasteiger partial charge in [0.15, 0.2) is 5.13 Å². The van der Waals surface area contributed by atoms with Gasteiger partial charge in [0.25, 0.3) is 0 Å². The van der Waals surface area contributed by atoms with Crippen molar-refractivity contribution in [2.75, 3.05) is 18.9 Å². The molecule has 0 saturated carbocycles. The van der Waals surface area contributed by atoms with Crippen LogP contribution < -0.4 is 11.1 Å². The minimum atomic E-state index is -0.422. The number of amides is 1. The second-order valence-electron chi connectivity index (χ2n) is 6.31. The van der Waals surface area contributed by atoms with Gasteiger partial charge in [-0.05, 0) is 12.1 Å². The maximum Gasteiger partial charge on any atom is 0.248 e. The van der Waals surface area contributed by atoms with Gasteiger partial charge in [-0.15, -0.1) is 11.3 Å². The summed E-state index contributed by atoms with van der Waals surface area (Å²) >= 11 is 1.63. The number of imidazole rings is 1. The third-order valence-corrected chi connectivity index (χ3v) is 5.41. The van der Waals surface area contributed by atoms with Gasteiger partial charge in [-0.25, -0.2) is 9.97 Å². The van der Waals surface area contributed by atoms with E-state index >= 15 is 0 Å². The van der Waals surface area contributed by atoms with Crippen LogP contribution in [0.4, 0.5) is 5.13 Å². The molecule has 0 atom stereocenters. The molecule has 1 aliphatic rings. The Morgan fingerprint density at radius 1 is 1.35 bits per heavy atom. The number of fused-ring (bicyclic) bond motifs is 1. The van der Waals surface area contributed by atoms with Crippen LogP contribution in [0.25, 0.3) is 11.4 Å². The number of hydrogen-bond acceptors (Lipinski definition) is 6. The highest BCUT2D eigenvalue weighted by atomic mass is 32.1. The van der Waals surface area contributed by atoms with Gasteiger partial charge >= 0.3 is 0 Å². The molecule has 134 valence electrons. The molecule has 0 saturated heterocycles. The number of rotatable bonds is 5. The van der Waals surface area contributed by atoms with E-state index in [2.05, 4.69) is 25.6 Å². The number of aromatic nitrogens is 3. The lowest BCUT2D eigenvalue weighted by Gasteiger charge is -2.24. The molecule has 0 aliphatic carbocycles. The number of anilines is 1. The standard InChI is InChI=1S/C18H20N6OS/c1-20-18-21-13(10-26-18)8-24-7-6-14-15(9-24)23-17(22-14)12-4-2-11(3-5-12)16(19)25/h2-5,10H,6-9H2,1H3,(H2,19,25)(H,20,21)(H,22,23). The van der Waals surface area contributed by atoms with Crippen LogP contribution in [0.3, 0.4) is 0 Å². The van der Waals surface area contributed by atoms with Crippen LogP contribution in [0.5, 0.6) is 0 Å². The van der Waals surface area contributed by atoms with Crippen LogP contribution in [-0.2, 0) is 19.5 Å². The minimum absolute atomic E-state index is 0.422. The average Bonchev–Trinajstić information content (AvgIpc) is 3.28. The van der Waals surface area contributed by atoms with Crippen LogP contribution in [0.1, 0.15) is 27.4 Å². The number of benzene rings is 1. The van der Waals surface area contributed by atoms with E-state index in [1.807, 2.05) is 19.2 Å². The lowest BCUT2D eigenvalue weighted by Crippen LogP contribution is -2.30. The van der Waals surface area contributed by atoms with Crippen molar-refractivity contribution in [3.05, 3.63) is 52.3 Å². The summed E-state index contributed by atoms with van der Waals surface area (Å²) < 4.78 is 0. The van der Waals surface area contributed by atoms with Crippen LogP contribution in [0, 0.1) is 0 Å². The number of carbonyl (C=O) groups is 1. The van der Waals surface area contributed by atoms with Gasteiger partial charge < -0.3 is 16.0 Å². The van der Waals surface area contributed by atoms with E-state index in [9.17, 15) is 4.79 Å². The molecule has 0 bridgehead atoms. The van der Waals surface area contributed by atoms with Gasteiger partial charge in [-0.2, -0.15) is 0 Å². The Morgan fingerprint density at radius 2 is 2.15 bits per heavy atom. The topological polar surface area (TPSA) is 99.9 Å². The molecule has 1 amide bonds. The molecule has 4 rings (SSSR count). The summed E-state index contributed by atoms with van der Waals surface area (Å²) in [5.74, 6) is 0.411. The van der Waals surface area contributed by atoms with Crippen molar-refractivity contribution in [1.82, 2.24) is 19.9 Å². The van der Waals surface area contributed by atoms with Gasteiger partial charge in [-0.1, -0.05) is 12.1 Å². The fraction of sp³-hybridized carbons (Fsp3) is 0.278. The zero-order valence-electron chi connectivity index (χ0n) is 14.5.